The van der Waals surface area contributed by atoms with Gasteiger partial charge in [-0.25, -0.2) is 9.18 Å². The fraction of sp³-hybridized carbons (Fsp3) is 0.118. The molecule has 0 radical (unpaired) electrons. The Labute approximate surface area is 141 Å². The monoisotopic (exact) mass is 344 g/mol. The minimum atomic E-state index is -0.821. The fourth-order valence-electron chi connectivity index (χ4n) is 2.06. The summed E-state index contributed by atoms with van der Waals surface area (Å²) in [6.45, 7) is 1.32. The van der Waals surface area contributed by atoms with E-state index >= 15 is 0 Å². The first-order valence-electron chi connectivity index (χ1n) is 7.22. The highest BCUT2D eigenvalue weighted by atomic mass is 19.1. The minimum absolute atomic E-state index is 0.0163. The van der Waals surface area contributed by atoms with Crippen LogP contribution in [-0.4, -0.2) is 26.3 Å². The van der Waals surface area contributed by atoms with Crippen molar-refractivity contribution in [3.8, 4) is 22.9 Å². The van der Waals surface area contributed by atoms with E-state index in [1.807, 2.05) is 0 Å². The van der Waals surface area contributed by atoms with Crippen LogP contribution in [0.15, 0.2) is 40.9 Å². The maximum absolute atomic E-state index is 13.6. The van der Waals surface area contributed by atoms with E-state index in [0.717, 1.165) is 6.07 Å². The molecule has 1 aromatic heterocycles. The van der Waals surface area contributed by atoms with Crippen LogP contribution in [0.4, 0.5) is 4.39 Å². The van der Waals surface area contributed by atoms with Crippen molar-refractivity contribution in [3.63, 3.8) is 0 Å². The Bertz CT molecular complexity index is 939. The number of halogens is 1. The van der Waals surface area contributed by atoms with Gasteiger partial charge in [-0.15, -0.1) is 0 Å². The van der Waals surface area contributed by atoms with Crippen LogP contribution >= 0.6 is 0 Å². The lowest BCUT2D eigenvalue weighted by molar-refractivity contribution is 0.0426. The molecule has 0 unspecified atom stereocenters. The van der Waals surface area contributed by atoms with E-state index in [4.69, 9.17) is 9.26 Å². The smallest absolute Gasteiger partial charge is 0.342 e. The van der Waals surface area contributed by atoms with Gasteiger partial charge in [-0.3, -0.25) is 0 Å². The summed E-state index contributed by atoms with van der Waals surface area (Å²) in [5.41, 5.74) is 0.814. The average molecular weight is 344 g/mol. The molecule has 0 saturated heterocycles. The van der Waals surface area contributed by atoms with Crippen molar-refractivity contribution in [1.29, 1.82) is 0 Å². The lowest BCUT2D eigenvalue weighted by atomic mass is 10.1. The highest BCUT2D eigenvalue weighted by Gasteiger charge is 2.16. The van der Waals surface area contributed by atoms with E-state index in [9.17, 15) is 19.4 Å². The summed E-state index contributed by atoms with van der Waals surface area (Å²) in [7, 11) is 0. The number of ether oxygens (including phenoxy) is 1. The number of esters is 1. The fourth-order valence-corrected chi connectivity index (χ4v) is 2.06. The Balaban J connectivity index is 1.69. The average Bonchev–Trinajstić information content (AvgIpc) is 3.04. The number of phenolic OH excluding ortho intramolecular Hbond substituents is 2. The number of carbonyl (C=O) groups excluding carboxylic acids is 1. The predicted octanol–water partition coefficient (Wildman–Crippen LogP) is 2.95. The largest absolute Gasteiger partial charge is 0.508 e. The number of benzene rings is 2. The third kappa shape index (κ3) is 3.57. The molecular weight excluding hydrogens is 331 g/mol. The van der Waals surface area contributed by atoms with Crippen LogP contribution in [0.25, 0.3) is 11.4 Å². The number of hydrogen-bond acceptors (Lipinski definition) is 7. The van der Waals surface area contributed by atoms with Crippen LogP contribution < -0.4 is 0 Å². The number of hydrogen-bond donors (Lipinski definition) is 2. The van der Waals surface area contributed by atoms with Crippen LogP contribution in [-0.2, 0) is 11.3 Å². The van der Waals surface area contributed by atoms with Crippen LogP contribution in [0.5, 0.6) is 11.5 Å². The summed E-state index contributed by atoms with van der Waals surface area (Å²) in [6, 6.07) is 8.01. The van der Waals surface area contributed by atoms with Gasteiger partial charge in [0.1, 0.15) is 22.9 Å². The van der Waals surface area contributed by atoms with Gasteiger partial charge in [0.05, 0.1) is 0 Å². The van der Waals surface area contributed by atoms with Crippen molar-refractivity contribution in [1.82, 2.24) is 10.1 Å². The molecule has 0 bridgehead atoms. The van der Waals surface area contributed by atoms with E-state index in [1.54, 1.807) is 19.1 Å². The van der Waals surface area contributed by atoms with Gasteiger partial charge in [-0.2, -0.15) is 4.98 Å². The van der Waals surface area contributed by atoms with Crippen LogP contribution in [0.3, 0.4) is 0 Å². The van der Waals surface area contributed by atoms with E-state index in [2.05, 4.69) is 10.1 Å². The Morgan fingerprint density at radius 3 is 2.76 bits per heavy atom. The summed E-state index contributed by atoms with van der Waals surface area (Å²) in [6.07, 6.45) is 0. The number of phenols is 2. The number of aromatic hydroxyl groups is 2. The van der Waals surface area contributed by atoms with Crippen molar-refractivity contribution >= 4 is 5.97 Å². The van der Waals surface area contributed by atoms with Crippen molar-refractivity contribution in [3.05, 3.63) is 59.2 Å². The molecule has 0 spiro atoms. The Morgan fingerprint density at radius 2 is 2.04 bits per heavy atom. The molecule has 0 aliphatic carbocycles. The normalized spacial score (nSPS) is 10.6. The van der Waals surface area contributed by atoms with E-state index < -0.39 is 17.5 Å². The van der Waals surface area contributed by atoms with Crippen molar-refractivity contribution in [2.24, 2.45) is 0 Å². The Kier molecular flexibility index (Phi) is 4.34. The van der Waals surface area contributed by atoms with Crippen LogP contribution in [0, 0.1) is 12.7 Å². The van der Waals surface area contributed by atoms with Crippen LogP contribution in [0.1, 0.15) is 21.8 Å². The zero-order valence-corrected chi connectivity index (χ0v) is 13.1. The molecule has 1 heterocycles. The third-order valence-electron chi connectivity index (χ3n) is 3.43. The highest BCUT2D eigenvalue weighted by Crippen LogP contribution is 2.24. The standard InChI is InChI=1S/C17H13FN2O5/c1-9-2-3-10(6-13(9)18)16-19-15(25-20-16)8-24-17(23)12-5-4-11(21)7-14(12)22/h2-7,21-22H,8H2,1H3. The second kappa shape index (κ2) is 6.60. The molecule has 7 nitrogen and oxygen atoms in total. The molecule has 8 heteroatoms. The lowest BCUT2D eigenvalue weighted by Crippen LogP contribution is -2.05. The first kappa shape index (κ1) is 16.4. The Morgan fingerprint density at radius 1 is 1.24 bits per heavy atom. The molecule has 0 amide bonds. The Hall–Kier alpha value is -3.42. The summed E-state index contributed by atoms with van der Waals surface area (Å²) < 4.78 is 23.5. The molecule has 0 aliphatic heterocycles. The maximum atomic E-state index is 13.6. The summed E-state index contributed by atoms with van der Waals surface area (Å²) >= 11 is 0. The summed E-state index contributed by atoms with van der Waals surface area (Å²) in [5.74, 6) is -1.62. The van der Waals surface area contributed by atoms with E-state index in [1.165, 1.54) is 18.2 Å². The zero-order valence-electron chi connectivity index (χ0n) is 13.1. The quantitative estimate of drug-likeness (QED) is 0.701. The van der Waals surface area contributed by atoms with E-state index in [-0.39, 0.29) is 29.6 Å². The molecule has 3 aromatic rings. The molecule has 2 N–H and O–H groups in total. The van der Waals surface area contributed by atoms with Crippen LogP contribution in [0.2, 0.25) is 0 Å². The molecule has 3 rings (SSSR count). The first-order valence-corrected chi connectivity index (χ1v) is 7.22. The molecule has 2 aromatic carbocycles. The topological polar surface area (TPSA) is 106 Å². The van der Waals surface area contributed by atoms with Gasteiger partial charge < -0.3 is 19.5 Å². The molecule has 0 atom stereocenters. The van der Waals surface area contributed by atoms with Gasteiger partial charge in [-0.1, -0.05) is 17.3 Å². The number of carbonyl (C=O) groups is 1. The molecular formula is C17H13FN2O5. The van der Waals surface area contributed by atoms with Gasteiger partial charge in [0.2, 0.25) is 5.82 Å². The molecule has 0 aliphatic rings. The maximum Gasteiger partial charge on any atom is 0.342 e. The number of nitrogens with zero attached hydrogens (tertiary/aromatic N) is 2. The summed E-state index contributed by atoms with van der Waals surface area (Å²) in [4.78, 5) is 15.9. The molecule has 0 fully saturated rings. The van der Waals surface area contributed by atoms with E-state index in [0.29, 0.717) is 11.1 Å². The van der Waals surface area contributed by atoms with Crippen molar-refractivity contribution in [2.75, 3.05) is 0 Å². The predicted molar refractivity (Wildman–Crippen MR) is 83.3 cm³/mol. The zero-order chi connectivity index (χ0) is 18.0. The number of rotatable bonds is 4. The highest BCUT2D eigenvalue weighted by molar-refractivity contribution is 5.92. The molecule has 25 heavy (non-hydrogen) atoms. The lowest BCUT2D eigenvalue weighted by Gasteiger charge is -2.04. The van der Waals surface area contributed by atoms with Gasteiger partial charge in [0, 0.05) is 11.6 Å². The summed E-state index contributed by atoms with van der Waals surface area (Å²) in [5, 5.41) is 22.5. The van der Waals surface area contributed by atoms with Gasteiger partial charge in [0.15, 0.2) is 6.61 Å². The van der Waals surface area contributed by atoms with Gasteiger partial charge in [-0.05, 0) is 30.7 Å². The van der Waals surface area contributed by atoms with Gasteiger partial charge >= 0.3 is 5.97 Å². The second-order valence-electron chi connectivity index (χ2n) is 5.25. The number of aromatic nitrogens is 2. The molecule has 0 saturated carbocycles. The van der Waals surface area contributed by atoms with Crippen molar-refractivity contribution in [2.45, 2.75) is 13.5 Å². The SMILES string of the molecule is Cc1ccc(-c2noc(COC(=O)c3ccc(O)cc3O)n2)cc1F. The molecule has 128 valence electrons. The first-order chi connectivity index (χ1) is 11.9. The van der Waals surface area contributed by atoms with Gasteiger partial charge in [0.25, 0.3) is 5.89 Å². The minimum Gasteiger partial charge on any atom is -0.508 e. The van der Waals surface area contributed by atoms with Crippen molar-refractivity contribution < 1.29 is 28.7 Å². The second-order valence-corrected chi connectivity index (χ2v) is 5.25. The number of aryl methyl sites for hydroxylation is 1. The third-order valence-corrected chi connectivity index (χ3v) is 3.43.